The highest BCUT2D eigenvalue weighted by atomic mass is 16.5. The molecule has 25 heavy (non-hydrogen) atoms. The van der Waals surface area contributed by atoms with Gasteiger partial charge >= 0.3 is 0 Å². The fourth-order valence-corrected chi connectivity index (χ4v) is 1.49. The zero-order chi connectivity index (χ0) is 19.7. The molecule has 0 heterocycles. The molecule has 0 amide bonds. The summed E-state index contributed by atoms with van der Waals surface area (Å²) in [6, 6.07) is 0.376. The average molecular weight is 367 g/mol. The molecule has 8 heteroatoms. The fraction of sp³-hybridized carbons (Fsp3) is 1.00. The molecule has 0 fully saturated rings. The Morgan fingerprint density at radius 1 is 0.520 bits per heavy atom. The predicted octanol–water partition coefficient (Wildman–Crippen LogP) is -0.183. The van der Waals surface area contributed by atoms with E-state index in [1.165, 1.54) is 0 Å². The molecular formula is C17H42N4O4. The van der Waals surface area contributed by atoms with Gasteiger partial charge < -0.3 is 41.9 Å². The summed E-state index contributed by atoms with van der Waals surface area (Å²) in [4.78, 5) is 0. The lowest BCUT2D eigenvalue weighted by Gasteiger charge is -2.14. The second kappa shape index (κ2) is 18.5. The Kier molecular flexibility index (Phi) is 19.9. The van der Waals surface area contributed by atoms with Gasteiger partial charge in [0.25, 0.3) is 0 Å². The summed E-state index contributed by atoms with van der Waals surface area (Å²) >= 11 is 0. The van der Waals surface area contributed by atoms with Crippen molar-refractivity contribution in [2.45, 2.75) is 64.9 Å². The van der Waals surface area contributed by atoms with Crippen molar-refractivity contribution in [3.8, 4) is 0 Å². The summed E-state index contributed by atoms with van der Waals surface area (Å²) in [5, 5.41) is 0. The summed E-state index contributed by atoms with van der Waals surface area (Å²) in [7, 11) is 0. The number of ether oxygens (including phenoxy) is 4. The Labute approximate surface area is 153 Å². The average Bonchev–Trinajstić information content (AvgIpc) is 2.46. The van der Waals surface area contributed by atoms with E-state index in [-0.39, 0.29) is 30.3 Å². The third-order valence-corrected chi connectivity index (χ3v) is 2.51. The van der Waals surface area contributed by atoms with E-state index in [1.54, 1.807) is 0 Å². The van der Waals surface area contributed by atoms with E-state index in [2.05, 4.69) is 0 Å². The van der Waals surface area contributed by atoms with Crippen LogP contribution in [0.1, 0.15) is 34.6 Å². The Balaban J connectivity index is 0. The quantitative estimate of drug-likeness (QED) is 0.310. The highest BCUT2D eigenvalue weighted by Crippen LogP contribution is 1.93. The standard InChI is InChI=1S/C11H26N2O3.C6H16N2O/c1-9(12)6-14-4-5-16-11(3)8-15-7-10(2)13;1-5(7)3-9-4-6(2)8/h9-11H,4-8,12-13H2,1-3H3;5-6H,3-4,7-8H2,1-2H3. The van der Waals surface area contributed by atoms with E-state index in [4.69, 9.17) is 41.9 Å². The molecule has 0 rings (SSSR count). The van der Waals surface area contributed by atoms with Crippen LogP contribution in [-0.4, -0.2) is 76.5 Å². The molecule has 154 valence electrons. The van der Waals surface area contributed by atoms with Crippen molar-refractivity contribution in [2.75, 3.05) is 46.2 Å². The van der Waals surface area contributed by atoms with Gasteiger partial charge in [0, 0.05) is 24.2 Å². The maximum atomic E-state index is 5.55. The lowest BCUT2D eigenvalue weighted by Crippen LogP contribution is -2.27. The molecular weight excluding hydrogens is 324 g/mol. The Bertz CT molecular complexity index is 259. The number of rotatable bonds is 14. The first kappa shape index (κ1) is 26.9. The monoisotopic (exact) mass is 366 g/mol. The van der Waals surface area contributed by atoms with Crippen molar-refractivity contribution in [3.05, 3.63) is 0 Å². The van der Waals surface area contributed by atoms with Gasteiger partial charge in [-0.15, -0.1) is 0 Å². The van der Waals surface area contributed by atoms with E-state index in [9.17, 15) is 0 Å². The van der Waals surface area contributed by atoms with E-state index < -0.39 is 0 Å². The van der Waals surface area contributed by atoms with Crippen molar-refractivity contribution < 1.29 is 18.9 Å². The van der Waals surface area contributed by atoms with E-state index >= 15 is 0 Å². The van der Waals surface area contributed by atoms with Crippen LogP contribution in [0.15, 0.2) is 0 Å². The topological polar surface area (TPSA) is 141 Å². The lowest BCUT2D eigenvalue weighted by molar-refractivity contribution is -0.0319. The van der Waals surface area contributed by atoms with Gasteiger partial charge in [-0.1, -0.05) is 0 Å². The van der Waals surface area contributed by atoms with Crippen LogP contribution in [0.3, 0.4) is 0 Å². The minimum atomic E-state index is 0.0673. The molecule has 8 N–H and O–H groups in total. The van der Waals surface area contributed by atoms with Gasteiger partial charge in [0.05, 0.1) is 52.4 Å². The van der Waals surface area contributed by atoms with Crippen LogP contribution in [0.4, 0.5) is 0 Å². The molecule has 0 aliphatic heterocycles. The zero-order valence-electron chi connectivity index (χ0n) is 16.8. The SMILES string of the molecule is CC(N)COCC(C)N.CC(N)COCCOC(C)COCC(C)N. The van der Waals surface area contributed by atoms with Crippen molar-refractivity contribution in [1.29, 1.82) is 0 Å². The highest BCUT2D eigenvalue weighted by molar-refractivity contribution is 4.53. The van der Waals surface area contributed by atoms with E-state index in [0.717, 1.165) is 0 Å². The minimum absolute atomic E-state index is 0.0673. The third-order valence-electron chi connectivity index (χ3n) is 2.51. The van der Waals surface area contributed by atoms with E-state index in [1.807, 2.05) is 34.6 Å². The van der Waals surface area contributed by atoms with Gasteiger partial charge in [-0.3, -0.25) is 0 Å². The summed E-state index contributed by atoms with van der Waals surface area (Å²) in [5.41, 5.74) is 21.9. The molecule has 0 saturated heterocycles. The Morgan fingerprint density at radius 3 is 1.28 bits per heavy atom. The number of nitrogens with two attached hydrogens (primary N) is 4. The second-order valence-corrected chi connectivity index (χ2v) is 6.74. The predicted molar refractivity (Wildman–Crippen MR) is 102 cm³/mol. The van der Waals surface area contributed by atoms with Crippen LogP contribution >= 0.6 is 0 Å². The minimum Gasteiger partial charge on any atom is -0.378 e. The normalized spacial score (nSPS) is 17.2. The molecule has 0 aromatic carbocycles. The van der Waals surface area contributed by atoms with Crippen molar-refractivity contribution in [3.63, 3.8) is 0 Å². The maximum absolute atomic E-state index is 5.55. The second-order valence-electron chi connectivity index (χ2n) is 6.74. The number of hydrogen-bond donors (Lipinski definition) is 4. The summed E-state index contributed by atoms with van der Waals surface area (Å²) in [6.45, 7) is 13.6. The first-order valence-corrected chi connectivity index (χ1v) is 9.02. The van der Waals surface area contributed by atoms with Gasteiger partial charge in [-0.05, 0) is 34.6 Å². The smallest absolute Gasteiger partial charge is 0.0781 e. The fourth-order valence-electron chi connectivity index (χ4n) is 1.49. The Hall–Kier alpha value is -0.320. The van der Waals surface area contributed by atoms with Gasteiger partial charge in [0.2, 0.25) is 0 Å². The summed E-state index contributed by atoms with van der Waals surface area (Å²) < 4.78 is 21.2. The van der Waals surface area contributed by atoms with Crippen LogP contribution in [0.25, 0.3) is 0 Å². The van der Waals surface area contributed by atoms with Crippen LogP contribution in [0.2, 0.25) is 0 Å². The highest BCUT2D eigenvalue weighted by Gasteiger charge is 2.03. The van der Waals surface area contributed by atoms with Crippen LogP contribution in [0, 0.1) is 0 Å². The molecule has 0 radical (unpaired) electrons. The molecule has 0 bridgehead atoms. The molecule has 5 unspecified atom stereocenters. The largest absolute Gasteiger partial charge is 0.378 e. The van der Waals surface area contributed by atoms with Crippen molar-refractivity contribution in [2.24, 2.45) is 22.9 Å². The van der Waals surface area contributed by atoms with Crippen LogP contribution in [0.5, 0.6) is 0 Å². The molecule has 0 aliphatic rings. The molecule has 8 nitrogen and oxygen atoms in total. The molecule has 0 aromatic heterocycles. The van der Waals surface area contributed by atoms with E-state index in [0.29, 0.717) is 46.2 Å². The Morgan fingerprint density at radius 2 is 0.880 bits per heavy atom. The van der Waals surface area contributed by atoms with Gasteiger partial charge in [0.15, 0.2) is 0 Å². The first-order valence-electron chi connectivity index (χ1n) is 9.02. The van der Waals surface area contributed by atoms with Crippen molar-refractivity contribution >= 4 is 0 Å². The zero-order valence-corrected chi connectivity index (χ0v) is 16.8. The van der Waals surface area contributed by atoms with Gasteiger partial charge in [-0.25, -0.2) is 0 Å². The maximum Gasteiger partial charge on any atom is 0.0781 e. The van der Waals surface area contributed by atoms with Gasteiger partial charge in [0.1, 0.15) is 0 Å². The van der Waals surface area contributed by atoms with Gasteiger partial charge in [-0.2, -0.15) is 0 Å². The molecule has 5 atom stereocenters. The molecule has 0 aliphatic carbocycles. The molecule has 0 aromatic rings. The molecule has 0 spiro atoms. The van der Waals surface area contributed by atoms with Crippen LogP contribution in [-0.2, 0) is 18.9 Å². The third kappa shape index (κ3) is 28.7. The van der Waals surface area contributed by atoms with Crippen molar-refractivity contribution in [1.82, 2.24) is 0 Å². The first-order chi connectivity index (χ1) is 11.6. The summed E-state index contributed by atoms with van der Waals surface area (Å²) in [6.07, 6.45) is 0.0673. The number of hydrogen-bond acceptors (Lipinski definition) is 8. The van der Waals surface area contributed by atoms with Crippen LogP contribution < -0.4 is 22.9 Å². The lowest BCUT2D eigenvalue weighted by atomic mass is 10.4. The molecule has 0 saturated carbocycles. The summed E-state index contributed by atoms with van der Waals surface area (Å²) in [5.74, 6) is 0.